The van der Waals surface area contributed by atoms with Gasteiger partial charge in [-0.05, 0) is 36.2 Å². The van der Waals surface area contributed by atoms with Gasteiger partial charge in [0.2, 0.25) is 5.88 Å². The van der Waals surface area contributed by atoms with E-state index >= 15 is 0 Å². The fourth-order valence-corrected chi connectivity index (χ4v) is 2.17. The molecule has 0 amide bonds. The van der Waals surface area contributed by atoms with Crippen LogP contribution in [-0.4, -0.2) is 18.6 Å². The van der Waals surface area contributed by atoms with Gasteiger partial charge in [0.15, 0.2) is 0 Å². The first-order valence-corrected chi connectivity index (χ1v) is 6.70. The quantitative estimate of drug-likeness (QED) is 0.878. The van der Waals surface area contributed by atoms with Gasteiger partial charge in [-0.1, -0.05) is 25.1 Å². The molecule has 1 aromatic carbocycles. The van der Waals surface area contributed by atoms with Crippen LogP contribution < -0.4 is 10.1 Å². The molecule has 0 bridgehead atoms. The summed E-state index contributed by atoms with van der Waals surface area (Å²) in [5.74, 6) is 0.387. The van der Waals surface area contributed by atoms with Gasteiger partial charge in [0.25, 0.3) is 0 Å². The molecule has 0 fully saturated rings. The standard InChI is InChI=1S/C16H19FN2O/c1-3-18-15(13-5-4-6-14(17)10-13)9-12-7-8-16(20-2)19-11-12/h4-8,10-11,15,18H,3,9H2,1-2H3. The van der Waals surface area contributed by atoms with Crippen LogP contribution >= 0.6 is 0 Å². The first kappa shape index (κ1) is 14.5. The number of aromatic nitrogens is 1. The predicted octanol–water partition coefficient (Wildman–Crippen LogP) is 3.12. The number of benzene rings is 1. The first-order chi connectivity index (χ1) is 9.72. The number of likely N-dealkylation sites (N-methyl/N-ethyl adjacent to an activating group) is 1. The van der Waals surface area contributed by atoms with E-state index in [0.29, 0.717) is 5.88 Å². The minimum Gasteiger partial charge on any atom is -0.481 e. The third kappa shape index (κ3) is 3.78. The summed E-state index contributed by atoms with van der Waals surface area (Å²) in [6.45, 7) is 2.86. The van der Waals surface area contributed by atoms with Crippen molar-refractivity contribution in [2.75, 3.05) is 13.7 Å². The molecule has 3 nitrogen and oxygen atoms in total. The molecule has 0 radical (unpaired) electrons. The van der Waals surface area contributed by atoms with Crippen LogP contribution in [0.1, 0.15) is 24.1 Å². The van der Waals surface area contributed by atoms with Crippen LogP contribution in [0.25, 0.3) is 0 Å². The van der Waals surface area contributed by atoms with Crippen molar-refractivity contribution in [3.05, 3.63) is 59.5 Å². The van der Waals surface area contributed by atoms with Crippen LogP contribution in [0.5, 0.6) is 5.88 Å². The van der Waals surface area contributed by atoms with Gasteiger partial charge in [-0.3, -0.25) is 0 Å². The number of nitrogens with one attached hydrogen (secondary N) is 1. The maximum absolute atomic E-state index is 13.3. The Bertz CT molecular complexity index is 542. The van der Waals surface area contributed by atoms with Crippen molar-refractivity contribution >= 4 is 0 Å². The van der Waals surface area contributed by atoms with Crippen molar-refractivity contribution in [1.29, 1.82) is 0 Å². The van der Waals surface area contributed by atoms with E-state index in [1.54, 1.807) is 25.4 Å². The van der Waals surface area contributed by atoms with Crippen molar-refractivity contribution in [2.24, 2.45) is 0 Å². The highest BCUT2D eigenvalue weighted by Gasteiger charge is 2.12. The van der Waals surface area contributed by atoms with Crippen molar-refractivity contribution < 1.29 is 9.13 Å². The Balaban J connectivity index is 2.16. The number of nitrogens with zero attached hydrogens (tertiary/aromatic N) is 1. The molecule has 2 aromatic rings. The monoisotopic (exact) mass is 274 g/mol. The summed E-state index contributed by atoms with van der Waals surface area (Å²) in [5, 5.41) is 3.38. The van der Waals surface area contributed by atoms with Gasteiger partial charge < -0.3 is 10.1 Å². The lowest BCUT2D eigenvalue weighted by Gasteiger charge is -2.18. The molecule has 4 heteroatoms. The van der Waals surface area contributed by atoms with Crippen LogP contribution in [0.3, 0.4) is 0 Å². The Kier molecular flexibility index (Phi) is 5.07. The Morgan fingerprint density at radius 1 is 1.30 bits per heavy atom. The Labute approximate surface area is 118 Å². The molecule has 1 atom stereocenters. The Morgan fingerprint density at radius 3 is 2.75 bits per heavy atom. The Morgan fingerprint density at radius 2 is 2.15 bits per heavy atom. The lowest BCUT2D eigenvalue weighted by Crippen LogP contribution is -2.23. The average Bonchev–Trinajstić information content (AvgIpc) is 2.47. The number of methoxy groups -OCH3 is 1. The fraction of sp³-hybridized carbons (Fsp3) is 0.312. The van der Waals surface area contributed by atoms with Crippen molar-refractivity contribution in [1.82, 2.24) is 10.3 Å². The molecular formula is C16H19FN2O. The van der Waals surface area contributed by atoms with Crippen LogP contribution in [0, 0.1) is 5.82 Å². The second kappa shape index (κ2) is 7.01. The molecule has 106 valence electrons. The van der Waals surface area contributed by atoms with E-state index in [0.717, 1.165) is 24.1 Å². The topological polar surface area (TPSA) is 34.1 Å². The number of pyridine rings is 1. The normalized spacial score (nSPS) is 12.2. The summed E-state index contributed by atoms with van der Waals surface area (Å²) in [5.41, 5.74) is 2.03. The maximum atomic E-state index is 13.3. The van der Waals surface area contributed by atoms with Crippen molar-refractivity contribution in [2.45, 2.75) is 19.4 Å². The molecular weight excluding hydrogens is 255 g/mol. The van der Waals surface area contributed by atoms with E-state index in [1.807, 2.05) is 25.1 Å². The summed E-state index contributed by atoms with van der Waals surface area (Å²) < 4.78 is 18.4. The predicted molar refractivity (Wildman–Crippen MR) is 77.3 cm³/mol. The highest BCUT2D eigenvalue weighted by molar-refractivity contribution is 5.24. The van der Waals surface area contributed by atoms with Gasteiger partial charge in [-0.15, -0.1) is 0 Å². The minimum absolute atomic E-state index is 0.0749. The highest BCUT2D eigenvalue weighted by atomic mass is 19.1. The van der Waals surface area contributed by atoms with Gasteiger partial charge >= 0.3 is 0 Å². The lowest BCUT2D eigenvalue weighted by atomic mass is 9.99. The van der Waals surface area contributed by atoms with E-state index in [4.69, 9.17) is 4.74 Å². The molecule has 0 spiro atoms. The number of halogens is 1. The summed E-state index contributed by atoms with van der Waals surface area (Å²) in [7, 11) is 1.59. The minimum atomic E-state index is -0.210. The summed E-state index contributed by atoms with van der Waals surface area (Å²) in [6.07, 6.45) is 2.55. The zero-order chi connectivity index (χ0) is 14.4. The smallest absolute Gasteiger partial charge is 0.212 e. The zero-order valence-electron chi connectivity index (χ0n) is 11.8. The Hall–Kier alpha value is -1.94. The van der Waals surface area contributed by atoms with Gasteiger partial charge in [0.05, 0.1) is 7.11 Å². The molecule has 0 aliphatic rings. The van der Waals surface area contributed by atoms with Crippen molar-refractivity contribution in [3.8, 4) is 5.88 Å². The third-order valence-electron chi connectivity index (χ3n) is 3.15. The molecule has 0 aliphatic heterocycles. The first-order valence-electron chi connectivity index (χ1n) is 6.70. The summed E-state index contributed by atoms with van der Waals surface area (Å²) in [4.78, 5) is 4.20. The van der Waals surface area contributed by atoms with E-state index < -0.39 is 0 Å². The van der Waals surface area contributed by atoms with Crippen LogP contribution in [0.2, 0.25) is 0 Å². The van der Waals surface area contributed by atoms with E-state index in [9.17, 15) is 4.39 Å². The number of ether oxygens (including phenoxy) is 1. The van der Waals surface area contributed by atoms with Gasteiger partial charge in [0, 0.05) is 18.3 Å². The second-order valence-electron chi connectivity index (χ2n) is 4.58. The van der Waals surface area contributed by atoms with Gasteiger partial charge in [-0.2, -0.15) is 0 Å². The zero-order valence-corrected chi connectivity index (χ0v) is 11.8. The third-order valence-corrected chi connectivity index (χ3v) is 3.15. The van der Waals surface area contributed by atoms with Gasteiger partial charge in [-0.25, -0.2) is 9.37 Å². The molecule has 1 aromatic heterocycles. The molecule has 0 saturated carbocycles. The largest absolute Gasteiger partial charge is 0.481 e. The average molecular weight is 274 g/mol. The van der Waals surface area contributed by atoms with Gasteiger partial charge in [0.1, 0.15) is 5.82 Å². The maximum Gasteiger partial charge on any atom is 0.212 e. The number of rotatable bonds is 6. The fourth-order valence-electron chi connectivity index (χ4n) is 2.17. The number of hydrogen-bond acceptors (Lipinski definition) is 3. The van der Waals surface area contributed by atoms with E-state index in [1.165, 1.54) is 6.07 Å². The van der Waals surface area contributed by atoms with Crippen LogP contribution in [-0.2, 0) is 6.42 Å². The molecule has 0 saturated heterocycles. The molecule has 0 aliphatic carbocycles. The summed E-state index contributed by atoms with van der Waals surface area (Å²) >= 11 is 0. The highest BCUT2D eigenvalue weighted by Crippen LogP contribution is 2.20. The van der Waals surface area contributed by atoms with Crippen LogP contribution in [0.15, 0.2) is 42.6 Å². The molecule has 2 rings (SSSR count). The molecule has 1 heterocycles. The van der Waals surface area contributed by atoms with Crippen LogP contribution in [0.4, 0.5) is 4.39 Å². The SMILES string of the molecule is CCNC(Cc1ccc(OC)nc1)c1cccc(F)c1. The lowest BCUT2D eigenvalue weighted by molar-refractivity contribution is 0.397. The second-order valence-corrected chi connectivity index (χ2v) is 4.58. The number of hydrogen-bond donors (Lipinski definition) is 1. The summed E-state index contributed by atoms with van der Waals surface area (Å²) in [6, 6.07) is 10.6. The molecule has 1 unspecified atom stereocenters. The molecule has 1 N–H and O–H groups in total. The molecule has 20 heavy (non-hydrogen) atoms. The van der Waals surface area contributed by atoms with Crippen molar-refractivity contribution in [3.63, 3.8) is 0 Å². The van der Waals surface area contributed by atoms with E-state index in [2.05, 4.69) is 10.3 Å². The van der Waals surface area contributed by atoms with E-state index in [-0.39, 0.29) is 11.9 Å².